The van der Waals surface area contributed by atoms with Gasteiger partial charge in [-0.15, -0.1) is 0 Å². The SMILES string of the molecule is CCC(Oc1ccc2[nH]c(C)c(C(=O)OCc3ccccc3)c2c1)C(=O)N(CC)CC. The summed E-state index contributed by atoms with van der Waals surface area (Å²) in [5.74, 6) is 0.132. The van der Waals surface area contributed by atoms with Crippen LogP contribution in [0.4, 0.5) is 0 Å². The number of ether oxygens (including phenoxy) is 2. The molecule has 2 aromatic carbocycles. The highest BCUT2D eigenvalue weighted by Gasteiger charge is 2.24. The molecular weight excluding hydrogens is 392 g/mol. The Bertz CT molecular complexity index is 1040. The van der Waals surface area contributed by atoms with Gasteiger partial charge in [0.15, 0.2) is 6.10 Å². The smallest absolute Gasteiger partial charge is 0.340 e. The van der Waals surface area contributed by atoms with E-state index in [4.69, 9.17) is 9.47 Å². The molecule has 0 bridgehead atoms. The molecule has 0 aliphatic heterocycles. The Morgan fingerprint density at radius 2 is 1.74 bits per heavy atom. The highest BCUT2D eigenvalue weighted by Crippen LogP contribution is 2.28. The summed E-state index contributed by atoms with van der Waals surface area (Å²) < 4.78 is 11.6. The van der Waals surface area contributed by atoms with Gasteiger partial charge in [-0.05, 0) is 51.0 Å². The van der Waals surface area contributed by atoms with Gasteiger partial charge < -0.3 is 19.4 Å². The minimum atomic E-state index is -0.564. The molecule has 1 heterocycles. The molecule has 1 N–H and O–H groups in total. The fourth-order valence-corrected chi connectivity index (χ4v) is 3.65. The lowest BCUT2D eigenvalue weighted by Gasteiger charge is -2.25. The van der Waals surface area contributed by atoms with Crippen LogP contribution in [0.3, 0.4) is 0 Å². The molecule has 0 spiro atoms. The average molecular weight is 423 g/mol. The molecular formula is C25H30N2O4. The van der Waals surface area contributed by atoms with Crippen molar-refractivity contribution in [3.8, 4) is 5.75 Å². The molecule has 1 atom stereocenters. The topological polar surface area (TPSA) is 71.6 Å². The number of carbonyl (C=O) groups excluding carboxylic acids is 2. The molecule has 0 aliphatic carbocycles. The maximum atomic E-state index is 12.8. The number of rotatable bonds is 9. The van der Waals surface area contributed by atoms with Crippen LogP contribution in [-0.4, -0.2) is 41.0 Å². The number of aromatic nitrogens is 1. The molecule has 1 aromatic heterocycles. The molecule has 6 nitrogen and oxygen atoms in total. The zero-order valence-corrected chi connectivity index (χ0v) is 18.6. The van der Waals surface area contributed by atoms with Crippen LogP contribution in [-0.2, 0) is 16.1 Å². The van der Waals surface area contributed by atoms with Gasteiger partial charge in [0.05, 0.1) is 5.56 Å². The van der Waals surface area contributed by atoms with E-state index in [2.05, 4.69) is 4.98 Å². The van der Waals surface area contributed by atoms with Gasteiger partial charge in [-0.1, -0.05) is 37.3 Å². The molecule has 3 rings (SSSR count). The molecule has 0 radical (unpaired) electrons. The van der Waals surface area contributed by atoms with E-state index in [0.29, 0.717) is 30.8 Å². The third kappa shape index (κ3) is 5.08. The summed E-state index contributed by atoms with van der Waals surface area (Å²) in [6.45, 7) is 9.17. The van der Waals surface area contributed by atoms with Gasteiger partial charge >= 0.3 is 5.97 Å². The van der Waals surface area contributed by atoms with Gasteiger partial charge in [0.2, 0.25) is 0 Å². The van der Waals surface area contributed by atoms with Crippen molar-refractivity contribution in [1.29, 1.82) is 0 Å². The Labute approximate surface area is 183 Å². The van der Waals surface area contributed by atoms with E-state index in [0.717, 1.165) is 22.2 Å². The second-order valence-corrected chi connectivity index (χ2v) is 7.42. The Morgan fingerprint density at radius 3 is 2.39 bits per heavy atom. The summed E-state index contributed by atoms with van der Waals surface area (Å²) in [5.41, 5.74) is 2.97. The van der Waals surface area contributed by atoms with E-state index >= 15 is 0 Å². The number of aromatic amines is 1. The number of hydrogen-bond donors (Lipinski definition) is 1. The fourth-order valence-electron chi connectivity index (χ4n) is 3.65. The molecule has 0 saturated heterocycles. The van der Waals surface area contributed by atoms with E-state index in [-0.39, 0.29) is 12.5 Å². The van der Waals surface area contributed by atoms with Crippen molar-refractivity contribution >= 4 is 22.8 Å². The highest BCUT2D eigenvalue weighted by atomic mass is 16.5. The molecule has 3 aromatic rings. The first-order valence-corrected chi connectivity index (χ1v) is 10.8. The molecule has 0 aliphatic rings. The lowest BCUT2D eigenvalue weighted by Crippen LogP contribution is -2.41. The van der Waals surface area contributed by atoms with Gasteiger partial charge in [0, 0.05) is 29.7 Å². The number of nitrogens with zero attached hydrogens (tertiary/aromatic N) is 1. The second-order valence-electron chi connectivity index (χ2n) is 7.42. The first kappa shape index (κ1) is 22.4. The van der Waals surface area contributed by atoms with Crippen molar-refractivity contribution in [3.05, 3.63) is 65.4 Å². The summed E-state index contributed by atoms with van der Waals surface area (Å²) in [7, 11) is 0. The minimum Gasteiger partial charge on any atom is -0.481 e. The number of H-pyrrole nitrogens is 1. The summed E-state index contributed by atoms with van der Waals surface area (Å²) in [5, 5.41) is 0.721. The number of carbonyl (C=O) groups is 2. The summed E-state index contributed by atoms with van der Waals surface area (Å²) in [6, 6.07) is 15.1. The van der Waals surface area contributed by atoms with E-state index in [1.807, 2.05) is 70.2 Å². The summed E-state index contributed by atoms with van der Waals surface area (Å²) in [6.07, 6.45) is -0.00299. The number of esters is 1. The van der Waals surface area contributed by atoms with Crippen molar-refractivity contribution in [3.63, 3.8) is 0 Å². The van der Waals surface area contributed by atoms with Crippen LogP contribution in [0.1, 0.15) is 48.8 Å². The third-order valence-electron chi connectivity index (χ3n) is 5.37. The molecule has 6 heteroatoms. The Balaban J connectivity index is 1.82. The van der Waals surface area contributed by atoms with Crippen molar-refractivity contribution in [2.24, 2.45) is 0 Å². The number of hydrogen-bond acceptors (Lipinski definition) is 4. The first-order chi connectivity index (χ1) is 15.0. The number of aryl methyl sites for hydroxylation is 1. The van der Waals surface area contributed by atoms with E-state index in [1.54, 1.807) is 11.0 Å². The molecule has 1 unspecified atom stereocenters. The largest absolute Gasteiger partial charge is 0.481 e. The van der Waals surface area contributed by atoms with Gasteiger partial charge in [-0.25, -0.2) is 4.79 Å². The van der Waals surface area contributed by atoms with Crippen LogP contribution < -0.4 is 4.74 Å². The molecule has 164 valence electrons. The van der Waals surface area contributed by atoms with E-state index in [9.17, 15) is 9.59 Å². The molecule has 31 heavy (non-hydrogen) atoms. The normalized spacial score (nSPS) is 11.9. The lowest BCUT2D eigenvalue weighted by molar-refractivity contribution is -0.138. The first-order valence-electron chi connectivity index (χ1n) is 10.8. The highest BCUT2D eigenvalue weighted by molar-refractivity contribution is 6.06. The monoisotopic (exact) mass is 422 g/mol. The molecule has 0 saturated carbocycles. The Kier molecular flexibility index (Phi) is 7.34. The Morgan fingerprint density at radius 1 is 1.03 bits per heavy atom. The maximum Gasteiger partial charge on any atom is 0.340 e. The number of likely N-dealkylation sites (N-methyl/N-ethyl adjacent to an activating group) is 1. The van der Waals surface area contributed by atoms with Crippen LogP contribution in [0.5, 0.6) is 5.75 Å². The predicted molar refractivity (Wildman–Crippen MR) is 121 cm³/mol. The van der Waals surface area contributed by atoms with Crippen molar-refractivity contribution in [2.75, 3.05) is 13.1 Å². The van der Waals surface area contributed by atoms with Crippen LogP contribution in [0.25, 0.3) is 10.9 Å². The maximum absolute atomic E-state index is 12.8. The van der Waals surface area contributed by atoms with Gasteiger partial charge in [0.1, 0.15) is 12.4 Å². The van der Waals surface area contributed by atoms with E-state index < -0.39 is 12.1 Å². The standard InChI is InChI=1S/C25H30N2O4/c1-5-22(24(28)27(6-2)7-3)31-19-13-14-21-20(15-19)23(17(4)26-21)25(29)30-16-18-11-9-8-10-12-18/h8-15,22,26H,5-7,16H2,1-4H3. The number of nitrogens with one attached hydrogen (secondary N) is 1. The quantitative estimate of drug-likeness (QED) is 0.500. The Hall–Kier alpha value is -3.28. The zero-order valence-electron chi connectivity index (χ0n) is 18.6. The van der Waals surface area contributed by atoms with Gasteiger partial charge in [0.25, 0.3) is 5.91 Å². The summed E-state index contributed by atoms with van der Waals surface area (Å²) in [4.78, 5) is 30.6. The van der Waals surface area contributed by atoms with Crippen molar-refractivity contribution in [2.45, 2.75) is 46.8 Å². The number of benzene rings is 2. The van der Waals surface area contributed by atoms with Crippen LogP contribution >= 0.6 is 0 Å². The van der Waals surface area contributed by atoms with Crippen molar-refractivity contribution in [1.82, 2.24) is 9.88 Å². The van der Waals surface area contributed by atoms with Gasteiger partial charge in [-0.3, -0.25) is 4.79 Å². The van der Waals surface area contributed by atoms with Crippen LogP contribution in [0, 0.1) is 6.92 Å². The summed E-state index contributed by atoms with van der Waals surface area (Å²) >= 11 is 0. The minimum absolute atomic E-state index is 0.0275. The lowest BCUT2D eigenvalue weighted by atomic mass is 10.1. The van der Waals surface area contributed by atoms with Crippen molar-refractivity contribution < 1.29 is 19.1 Å². The molecule has 1 amide bonds. The number of amides is 1. The molecule has 0 fully saturated rings. The zero-order chi connectivity index (χ0) is 22.4. The van der Waals surface area contributed by atoms with Crippen LogP contribution in [0.2, 0.25) is 0 Å². The fraction of sp³-hybridized carbons (Fsp3) is 0.360. The van der Waals surface area contributed by atoms with E-state index in [1.165, 1.54) is 0 Å². The average Bonchev–Trinajstić information content (AvgIpc) is 3.12. The van der Waals surface area contributed by atoms with Crippen LogP contribution in [0.15, 0.2) is 48.5 Å². The van der Waals surface area contributed by atoms with Gasteiger partial charge in [-0.2, -0.15) is 0 Å². The number of fused-ring (bicyclic) bond motifs is 1. The predicted octanol–water partition coefficient (Wildman–Crippen LogP) is 4.86. The third-order valence-corrected chi connectivity index (χ3v) is 5.37. The second kappa shape index (κ2) is 10.2.